The van der Waals surface area contributed by atoms with Gasteiger partial charge in [-0.05, 0) is 24.6 Å². The predicted molar refractivity (Wildman–Crippen MR) is 123 cm³/mol. The molecule has 0 aliphatic carbocycles. The van der Waals surface area contributed by atoms with Crippen molar-refractivity contribution >= 4 is 22.8 Å². The zero-order valence-electron chi connectivity index (χ0n) is 17.6. The molecule has 0 bridgehead atoms. The van der Waals surface area contributed by atoms with Crippen molar-refractivity contribution in [1.82, 2.24) is 0 Å². The van der Waals surface area contributed by atoms with E-state index in [9.17, 15) is 4.55 Å². The molecule has 29 heavy (non-hydrogen) atoms. The monoisotopic (exact) mass is 432 g/mol. The highest BCUT2D eigenvalue weighted by molar-refractivity contribution is 7.91. The van der Waals surface area contributed by atoms with Crippen molar-refractivity contribution in [2.24, 2.45) is 0 Å². The van der Waals surface area contributed by atoms with Gasteiger partial charge in [-0.3, -0.25) is 0 Å². The Balaban J connectivity index is 1.45. The number of ether oxygens (including phenoxy) is 1. The first-order chi connectivity index (χ1) is 14.2. The van der Waals surface area contributed by atoms with E-state index in [4.69, 9.17) is 16.3 Å². The third kappa shape index (κ3) is 6.16. The Hall–Kier alpha value is -1.16. The van der Waals surface area contributed by atoms with Crippen molar-refractivity contribution in [2.75, 3.05) is 6.61 Å². The van der Waals surface area contributed by atoms with Gasteiger partial charge in [0.2, 0.25) is 4.90 Å². The van der Waals surface area contributed by atoms with Gasteiger partial charge < -0.3 is 9.29 Å². The number of benzene rings is 2. The molecule has 4 heteroatoms. The summed E-state index contributed by atoms with van der Waals surface area (Å²) >= 11 is 5.19. The Kier molecular flexibility index (Phi) is 9.23. The minimum Gasteiger partial charge on any atom is -0.606 e. The van der Waals surface area contributed by atoms with Gasteiger partial charge in [0.25, 0.3) is 0 Å². The first-order valence-electron chi connectivity index (χ1n) is 11.2. The van der Waals surface area contributed by atoms with E-state index < -0.39 is 11.2 Å². The third-order valence-electron chi connectivity index (χ3n) is 5.65. The topological polar surface area (TPSA) is 32.3 Å². The van der Waals surface area contributed by atoms with Gasteiger partial charge in [0.05, 0.1) is 6.61 Å². The quantitative estimate of drug-likeness (QED) is 0.254. The molecule has 1 unspecified atom stereocenters. The van der Waals surface area contributed by atoms with Crippen LogP contribution >= 0.6 is 11.6 Å². The van der Waals surface area contributed by atoms with Crippen LogP contribution < -0.4 is 4.74 Å². The number of hydrogen-bond donors (Lipinski definition) is 0. The Labute approximate surface area is 184 Å². The van der Waals surface area contributed by atoms with Crippen LogP contribution in [0.25, 0.3) is 0 Å². The van der Waals surface area contributed by atoms with Crippen molar-refractivity contribution in [3.05, 3.63) is 52.5 Å². The second-order valence-corrected chi connectivity index (χ2v) is 9.73. The Morgan fingerprint density at radius 2 is 1.55 bits per heavy atom. The van der Waals surface area contributed by atoms with E-state index in [1.807, 2.05) is 36.4 Å². The summed E-state index contributed by atoms with van der Waals surface area (Å²) in [5, 5.41) is 0.675. The maximum atomic E-state index is 13.2. The molecule has 0 fully saturated rings. The largest absolute Gasteiger partial charge is 0.606 e. The van der Waals surface area contributed by atoms with Crippen molar-refractivity contribution in [2.45, 2.75) is 87.3 Å². The van der Waals surface area contributed by atoms with Crippen LogP contribution in [0.2, 0.25) is 5.02 Å². The van der Waals surface area contributed by atoms with Gasteiger partial charge in [0, 0.05) is 33.7 Å². The molecule has 0 spiro atoms. The molecule has 0 radical (unpaired) electrons. The summed E-state index contributed by atoms with van der Waals surface area (Å²) in [5.41, 5.74) is 2.04. The average Bonchev–Trinajstić information content (AvgIpc) is 2.74. The summed E-state index contributed by atoms with van der Waals surface area (Å²) in [7, 11) is 0. The Morgan fingerprint density at radius 3 is 2.28 bits per heavy atom. The summed E-state index contributed by atoms with van der Waals surface area (Å²) in [5.74, 6) is 0.730. The van der Waals surface area contributed by atoms with E-state index in [0.29, 0.717) is 18.1 Å². The van der Waals surface area contributed by atoms with Crippen LogP contribution in [0.4, 0.5) is 0 Å². The van der Waals surface area contributed by atoms with Gasteiger partial charge in [-0.25, -0.2) is 0 Å². The van der Waals surface area contributed by atoms with Crippen molar-refractivity contribution in [3.8, 4) is 5.75 Å². The molecular weight excluding hydrogens is 400 g/mol. The molecule has 2 aromatic carbocycles. The van der Waals surface area contributed by atoms with Gasteiger partial charge >= 0.3 is 0 Å². The van der Waals surface area contributed by atoms with E-state index in [-0.39, 0.29) is 0 Å². The maximum absolute atomic E-state index is 13.2. The Morgan fingerprint density at radius 1 is 0.897 bits per heavy atom. The average molecular weight is 433 g/mol. The van der Waals surface area contributed by atoms with Crippen LogP contribution in [0.3, 0.4) is 0 Å². The number of hydrogen-bond acceptors (Lipinski definition) is 2. The first kappa shape index (κ1) is 22.5. The molecule has 3 rings (SSSR count). The summed E-state index contributed by atoms with van der Waals surface area (Å²) < 4.78 is 19.2. The second-order valence-electron chi connectivity index (χ2n) is 7.94. The van der Waals surface area contributed by atoms with E-state index in [2.05, 4.69) is 6.92 Å². The van der Waals surface area contributed by atoms with E-state index >= 15 is 0 Å². The van der Waals surface area contributed by atoms with Crippen molar-refractivity contribution in [1.29, 1.82) is 0 Å². The molecule has 0 saturated carbocycles. The molecule has 0 N–H and O–H groups in total. The van der Waals surface area contributed by atoms with Crippen molar-refractivity contribution in [3.63, 3.8) is 0 Å². The molecule has 2 aromatic rings. The van der Waals surface area contributed by atoms with E-state index in [1.54, 1.807) is 0 Å². The van der Waals surface area contributed by atoms with E-state index in [1.165, 1.54) is 57.8 Å². The summed E-state index contributed by atoms with van der Waals surface area (Å²) in [6.07, 6.45) is 13.7. The van der Waals surface area contributed by atoms with Crippen LogP contribution in [-0.4, -0.2) is 11.2 Å². The molecule has 1 heterocycles. The molecule has 1 aliphatic heterocycles. The van der Waals surface area contributed by atoms with Gasteiger partial charge in [-0.2, -0.15) is 0 Å². The van der Waals surface area contributed by atoms with E-state index in [0.717, 1.165) is 33.1 Å². The fourth-order valence-corrected chi connectivity index (χ4v) is 5.76. The highest BCUT2D eigenvalue weighted by atomic mass is 35.5. The normalized spacial score (nSPS) is 15.1. The number of halogens is 1. The lowest BCUT2D eigenvalue weighted by Gasteiger charge is -2.24. The Bertz CT molecular complexity index is 777. The smallest absolute Gasteiger partial charge is 0.205 e. The zero-order valence-corrected chi connectivity index (χ0v) is 19.1. The lowest BCUT2D eigenvalue weighted by Crippen LogP contribution is -2.17. The molecular formula is C25H33ClO2S. The fraction of sp³-hybridized carbons (Fsp3) is 0.520. The van der Waals surface area contributed by atoms with Crippen LogP contribution in [0.5, 0.6) is 5.75 Å². The SMILES string of the molecule is CCCCCCCCCCCCOc1ccc(Cl)c2c1[S+]([O-])c1ccccc1C2. The molecule has 158 valence electrons. The molecule has 1 atom stereocenters. The minimum atomic E-state index is -1.24. The van der Waals surface area contributed by atoms with Gasteiger partial charge in [-0.1, -0.05) is 94.5 Å². The third-order valence-corrected chi connectivity index (χ3v) is 7.62. The summed E-state index contributed by atoms with van der Waals surface area (Å²) in [6, 6.07) is 11.7. The molecule has 2 nitrogen and oxygen atoms in total. The first-order valence-corrected chi connectivity index (χ1v) is 12.7. The number of rotatable bonds is 12. The number of unbranched alkanes of at least 4 members (excludes halogenated alkanes) is 9. The van der Waals surface area contributed by atoms with Crippen LogP contribution in [0.1, 0.15) is 82.3 Å². The fourth-order valence-electron chi connectivity index (χ4n) is 3.97. The minimum absolute atomic E-state index is 0.670. The molecule has 0 amide bonds. The molecule has 0 saturated heterocycles. The summed E-state index contributed by atoms with van der Waals surface area (Å²) in [6.45, 7) is 2.93. The van der Waals surface area contributed by atoms with Gasteiger partial charge in [-0.15, -0.1) is 0 Å². The van der Waals surface area contributed by atoms with Gasteiger partial charge in [0.1, 0.15) is 0 Å². The van der Waals surface area contributed by atoms with Crippen LogP contribution in [0, 0.1) is 0 Å². The summed E-state index contributed by atoms with van der Waals surface area (Å²) in [4.78, 5) is 1.65. The number of fused-ring (bicyclic) bond motifs is 2. The lowest BCUT2D eigenvalue weighted by molar-refractivity contribution is 0.296. The molecule has 0 aromatic heterocycles. The van der Waals surface area contributed by atoms with Crippen LogP contribution in [0.15, 0.2) is 46.2 Å². The van der Waals surface area contributed by atoms with Gasteiger partial charge in [0.15, 0.2) is 10.6 Å². The highest BCUT2D eigenvalue weighted by Gasteiger charge is 2.33. The molecule has 1 aliphatic rings. The van der Waals surface area contributed by atoms with Crippen molar-refractivity contribution < 1.29 is 9.29 Å². The predicted octanol–water partition coefficient (Wildman–Crippen LogP) is 7.71. The lowest BCUT2D eigenvalue weighted by atomic mass is 10.0. The second kappa shape index (κ2) is 11.9. The zero-order chi connectivity index (χ0) is 20.5. The highest BCUT2D eigenvalue weighted by Crippen LogP contribution is 2.42. The van der Waals surface area contributed by atoms with Crippen LogP contribution in [-0.2, 0) is 17.6 Å². The standard InChI is InChI=1S/C25H33ClO2S/c1-2-3-4-5-6-7-8-9-10-13-18-28-23-17-16-22(26)21-19-20-14-11-12-15-24(20)29(27)25(21)23/h11-12,14-17H,2-10,13,18-19H2,1H3. The maximum Gasteiger partial charge on any atom is 0.205 e.